The highest BCUT2D eigenvalue weighted by Gasteiger charge is 2.28. The third-order valence-corrected chi connectivity index (χ3v) is 7.95. The molecule has 0 amide bonds. The molecule has 2 fully saturated rings. The Balaban J connectivity index is 1.15. The van der Waals surface area contributed by atoms with Gasteiger partial charge < -0.3 is 20.1 Å². The van der Waals surface area contributed by atoms with Gasteiger partial charge in [-0.25, -0.2) is 0 Å². The second-order valence-corrected chi connectivity index (χ2v) is 11.2. The number of hydrogen-bond acceptors (Lipinski definition) is 8. The van der Waals surface area contributed by atoms with Crippen LogP contribution in [0, 0.1) is 0 Å². The van der Waals surface area contributed by atoms with Crippen LogP contribution in [0.1, 0.15) is 60.2 Å². The summed E-state index contributed by atoms with van der Waals surface area (Å²) in [6.07, 6.45) is 3.41. The van der Waals surface area contributed by atoms with Crippen molar-refractivity contribution in [2.75, 3.05) is 19.8 Å². The predicted molar refractivity (Wildman–Crippen MR) is 156 cm³/mol. The van der Waals surface area contributed by atoms with Crippen molar-refractivity contribution in [3.8, 4) is 11.1 Å². The number of esters is 1. The Kier molecular flexibility index (Phi) is 9.03. The lowest BCUT2D eigenvalue weighted by molar-refractivity contribution is -0.144. The molecule has 3 aromatic carbocycles. The summed E-state index contributed by atoms with van der Waals surface area (Å²) in [6.45, 7) is 3.59. The van der Waals surface area contributed by atoms with Crippen LogP contribution in [0.4, 0.5) is 0 Å². The Bertz CT molecular complexity index is 1450. The van der Waals surface area contributed by atoms with Crippen LogP contribution < -0.4 is 10.6 Å². The predicted octanol–water partition coefficient (Wildman–Crippen LogP) is 4.28. The van der Waals surface area contributed by atoms with Crippen LogP contribution in [0.25, 0.3) is 21.9 Å². The minimum atomic E-state index is -0.380. The van der Waals surface area contributed by atoms with Gasteiger partial charge in [0, 0.05) is 23.2 Å². The van der Waals surface area contributed by atoms with Gasteiger partial charge in [0.25, 0.3) is 0 Å². The molecule has 0 spiro atoms. The number of benzene rings is 3. The molecule has 0 unspecified atom stereocenters. The lowest BCUT2D eigenvalue weighted by Gasteiger charge is -2.11. The molecule has 0 aliphatic carbocycles. The van der Waals surface area contributed by atoms with Gasteiger partial charge in [0.15, 0.2) is 24.0 Å². The fraction of sp³-hybridized carbons (Fsp3) is 0.394. The SMILES string of the molecule is C[C@H]1CC[C@@H](C(=O)COCC(=O)c2ccc(-c3ccc4cc(C(=O)COC(=O)[C@@H]5CC[C@H](C)N5)ccc4c3)cc2)N1. The Morgan fingerprint density at radius 2 is 1.24 bits per heavy atom. The number of fused-ring (bicyclic) bond motifs is 1. The van der Waals surface area contributed by atoms with Gasteiger partial charge in [0.1, 0.15) is 19.3 Å². The maximum atomic E-state index is 12.7. The Morgan fingerprint density at radius 1 is 0.659 bits per heavy atom. The lowest BCUT2D eigenvalue weighted by atomic mass is 9.98. The van der Waals surface area contributed by atoms with Gasteiger partial charge in [-0.1, -0.05) is 48.5 Å². The van der Waals surface area contributed by atoms with E-state index in [1.165, 1.54) is 0 Å². The molecule has 8 nitrogen and oxygen atoms in total. The lowest BCUT2D eigenvalue weighted by Crippen LogP contribution is -2.36. The Labute approximate surface area is 239 Å². The van der Waals surface area contributed by atoms with E-state index >= 15 is 0 Å². The van der Waals surface area contributed by atoms with Crippen LogP contribution in [0.3, 0.4) is 0 Å². The molecule has 0 aromatic heterocycles. The van der Waals surface area contributed by atoms with E-state index in [1.807, 2.05) is 43.3 Å². The van der Waals surface area contributed by atoms with Gasteiger partial charge in [0.05, 0.1) is 6.04 Å². The molecule has 5 rings (SSSR count). The number of ketones is 3. The van der Waals surface area contributed by atoms with Crippen LogP contribution in [-0.2, 0) is 19.1 Å². The van der Waals surface area contributed by atoms with Gasteiger partial charge >= 0.3 is 5.97 Å². The van der Waals surface area contributed by atoms with Crippen LogP contribution in [0.2, 0.25) is 0 Å². The van der Waals surface area contributed by atoms with Crippen LogP contribution in [0.15, 0.2) is 60.7 Å². The molecule has 41 heavy (non-hydrogen) atoms. The molecule has 2 saturated heterocycles. The van der Waals surface area contributed by atoms with E-state index in [0.717, 1.165) is 47.6 Å². The number of Topliss-reactive ketones (excluding diaryl/α,β-unsaturated/α-hetero) is 3. The van der Waals surface area contributed by atoms with Crippen molar-refractivity contribution in [3.63, 3.8) is 0 Å². The molecule has 4 atom stereocenters. The zero-order chi connectivity index (χ0) is 28.9. The highest BCUT2D eigenvalue weighted by atomic mass is 16.5. The fourth-order valence-corrected chi connectivity index (χ4v) is 5.49. The molecule has 214 valence electrons. The Hall–Kier alpha value is -3.72. The summed E-state index contributed by atoms with van der Waals surface area (Å²) in [5.41, 5.74) is 2.94. The van der Waals surface area contributed by atoms with E-state index in [1.54, 1.807) is 24.3 Å². The van der Waals surface area contributed by atoms with Gasteiger partial charge in [0.2, 0.25) is 0 Å². The first-order valence-electron chi connectivity index (χ1n) is 14.3. The third kappa shape index (κ3) is 7.14. The van der Waals surface area contributed by atoms with Crippen molar-refractivity contribution in [1.29, 1.82) is 0 Å². The molecule has 0 saturated carbocycles. The van der Waals surface area contributed by atoms with Crippen LogP contribution >= 0.6 is 0 Å². The number of carbonyl (C=O) groups is 4. The summed E-state index contributed by atoms with van der Waals surface area (Å²) < 4.78 is 10.7. The summed E-state index contributed by atoms with van der Waals surface area (Å²) in [6, 6.07) is 18.8. The van der Waals surface area contributed by atoms with E-state index in [2.05, 4.69) is 17.6 Å². The monoisotopic (exact) mass is 556 g/mol. The van der Waals surface area contributed by atoms with Gasteiger partial charge in [-0.05, 0) is 73.6 Å². The van der Waals surface area contributed by atoms with Crippen LogP contribution in [0.5, 0.6) is 0 Å². The molecule has 2 heterocycles. The fourth-order valence-electron chi connectivity index (χ4n) is 5.49. The molecular weight excluding hydrogens is 520 g/mol. The minimum absolute atomic E-state index is 0.0136. The highest BCUT2D eigenvalue weighted by Crippen LogP contribution is 2.26. The zero-order valence-electron chi connectivity index (χ0n) is 23.5. The van der Waals surface area contributed by atoms with Crippen molar-refractivity contribution < 1.29 is 28.7 Å². The molecule has 2 aliphatic heterocycles. The second-order valence-electron chi connectivity index (χ2n) is 11.2. The normalized spacial score (nSPS) is 22.1. The number of carbonyl (C=O) groups excluding carboxylic acids is 4. The third-order valence-electron chi connectivity index (χ3n) is 7.95. The molecule has 0 radical (unpaired) electrons. The summed E-state index contributed by atoms with van der Waals surface area (Å²) in [7, 11) is 0. The first-order chi connectivity index (χ1) is 19.8. The summed E-state index contributed by atoms with van der Waals surface area (Å²) in [5.74, 6) is -0.809. The van der Waals surface area contributed by atoms with Crippen molar-refractivity contribution in [2.45, 2.75) is 63.7 Å². The average molecular weight is 557 g/mol. The number of hydrogen-bond donors (Lipinski definition) is 2. The van der Waals surface area contributed by atoms with Crippen molar-refractivity contribution in [1.82, 2.24) is 10.6 Å². The zero-order valence-corrected chi connectivity index (χ0v) is 23.5. The number of rotatable bonds is 11. The largest absolute Gasteiger partial charge is 0.456 e. The smallest absolute Gasteiger partial charge is 0.323 e. The molecule has 8 heteroatoms. The van der Waals surface area contributed by atoms with E-state index in [-0.39, 0.29) is 61.3 Å². The first kappa shape index (κ1) is 28.8. The van der Waals surface area contributed by atoms with E-state index in [0.29, 0.717) is 17.2 Å². The maximum Gasteiger partial charge on any atom is 0.323 e. The molecule has 2 N–H and O–H groups in total. The van der Waals surface area contributed by atoms with E-state index in [9.17, 15) is 19.2 Å². The standard InChI is InChI=1S/C33H36N2O6/c1-20-3-13-28(34-20)32(38)18-40-17-30(36)23-7-5-22(6-8-23)24-9-10-26-16-27(12-11-25(26)15-24)31(37)19-41-33(39)29-14-4-21(2)35-29/h5-12,15-16,20-21,28-29,34-35H,3-4,13-14,17-19H2,1-2H3/t20-,21-,28-,29-/m0/s1. The molecular formula is C33H36N2O6. The second kappa shape index (κ2) is 12.9. The summed E-state index contributed by atoms with van der Waals surface area (Å²) in [5, 5.41) is 8.27. The van der Waals surface area contributed by atoms with Gasteiger partial charge in [-0.3, -0.25) is 19.2 Å². The first-order valence-corrected chi connectivity index (χ1v) is 14.3. The van der Waals surface area contributed by atoms with Gasteiger partial charge in [-0.15, -0.1) is 0 Å². The Morgan fingerprint density at radius 3 is 1.93 bits per heavy atom. The molecule has 0 bridgehead atoms. The van der Waals surface area contributed by atoms with Gasteiger partial charge in [-0.2, -0.15) is 0 Å². The van der Waals surface area contributed by atoms with Crippen LogP contribution in [-0.4, -0.2) is 67.3 Å². The van der Waals surface area contributed by atoms with Crippen molar-refractivity contribution >= 4 is 34.1 Å². The van der Waals surface area contributed by atoms with Crippen molar-refractivity contribution in [3.05, 3.63) is 71.8 Å². The van der Waals surface area contributed by atoms with E-state index in [4.69, 9.17) is 9.47 Å². The minimum Gasteiger partial charge on any atom is -0.456 e. The highest BCUT2D eigenvalue weighted by molar-refractivity contribution is 6.02. The maximum absolute atomic E-state index is 12.7. The summed E-state index contributed by atoms with van der Waals surface area (Å²) in [4.78, 5) is 49.7. The number of ether oxygens (including phenoxy) is 2. The topological polar surface area (TPSA) is 111 Å². The average Bonchev–Trinajstić information content (AvgIpc) is 3.63. The van der Waals surface area contributed by atoms with E-state index < -0.39 is 0 Å². The number of nitrogens with one attached hydrogen (secondary N) is 2. The molecule has 2 aliphatic rings. The van der Waals surface area contributed by atoms with Crippen molar-refractivity contribution in [2.24, 2.45) is 0 Å². The quantitative estimate of drug-likeness (QED) is 0.266. The molecule has 3 aromatic rings. The summed E-state index contributed by atoms with van der Waals surface area (Å²) >= 11 is 0.